The number of pyridine rings is 1. The highest BCUT2D eigenvalue weighted by atomic mass is 16.6. The van der Waals surface area contributed by atoms with Crippen molar-refractivity contribution < 1.29 is 9.57 Å². The molecule has 2 heterocycles. The molecular formula is C17H18N4O2. The molecule has 3 aromatic rings. The van der Waals surface area contributed by atoms with Gasteiger partial charge in [-0.05, 0) is 36.4 Å². The monoisotopic (exact) mass is 310 g/mol. The van der Waals surface area contributed by atoms with Crippen LogP contribution in [-0.2, 0) is 4.84 Å². The maximum Gasteiger partial charge on any atom is 0.133 e. The molecule has 0 saturated heterocycles. The topological polar surface area (TPSA) is 85.5 Å². The second-order valence-corrected chi connectivity index (χ2v) is 4.94. The predicted octanol–water partition coefficient (Wildman–Crippen LogP) is 2.30. The van der Waals surface area contributed by atoms with Crippen LogP contribution in [0.1, 0.15) is 11.3 Å². The molecule has 1 aromatic carbocycles. The first kappa shape index (κ1) is 15.1. The Morgan fingerprint density at radius 1 is 1.26 bits per heavy atom. The quantitative estimate of drug-likeness (QED) is 0.415. The molecule has 6 heteroatoms. The summed E-state index contributed by atoms with van der Waals surface area (Å²) in [5.74, 6) is 0.789. The smallest absolute Gasteiger partial charge is 0.133 e. The van der Waals surface area contributed by atoms with Gasteiger partial charge in [-0.25, -0.2) is 0 Å². The van der Waals surface area contributed by atoms with E-state index in [2.05, 4.69) is 15.1 Å². The number of hydrogen-bond donors (Lipinski definition) is 2. The molecule has 0 unspecified atom stereocenters. The summed E-state index contributed by atoms with van der Waals surface area (Å²) >= 11 is 0. The zero-order valence-electron chi connectivity index (χ0n) is 12.8. The van der Waals surface area contributed by atoms with E-state index in [1.165, 1.54) is 0 Å². The molecule has 0 radical (unpaired) electrons. The summed E-state index contributed by atoms with van der Waals surface area (Å²) in [6.07, 6.45) is 3.54. The largest absolute Gasteiger partial charge is 0.497 e. The van der Waals surface area contributed by atoms with Crippen molar-refractivity contribution in [3.05, 3.63) is 60.0 Å². The molecule has 0 spiro atoms. The summed E-state index contributed by atoms with van der Waals surface area (Å²) in [4.78, 5) is 12.7. The minimum atomic E-state index is 0.363. The number of nitrogens with zero attached hydrogens (tertiary/aromatic N) is 2. The number of rotatable bonds is 6. The highest BCUT2D eigenvalue weighted by molar-refractivity contribution is 6.13. The molecule has 3 rings (SSSR count). The Morgan fingerprint density at radius 2 is 2.09 bits per heavy atom. The molecule has 0 amide bonds. The molecule has 118 valence electrons. The number of nitrogens with one attached hydrogen (secondary N) is 1. The third-order valence-corrected chi connectivity index (χ3v) is 3.41. The van der Waals surface area contributed by atoms with Crippen LogP contribution in [0.4, 0.5) is 0 Å². The van der Waals surface area contributed by atoms with Crippen LogP contribution < -0.4 is 10.5 Å². The van der Waals surface area contributed by atoms with Crippen molar-refractivity contribution >= 4 is 16.6 Å². The lowest BCUT2D eigenvalue weighted by Gasteiger charge is -2.06. The Kier molecular flexibility index (Phi) is 4.54. The molecule has 0 aliphatic heterocycles. The molecule has 3 N–H and O–H groups in total. The van der Waals surface area contributed by atoms with Gasteiger partial charge in [0, 0.05) is 23.7 Å². The number of methoxy groups -OCH3 is 1. The van der Waals surface area contributed by atoms with Crippen molar-refractivity contribution in [3.63, 3.8) is 0 Å². The number of fused-ring (bicyclic) bond motifs is 1. The normalized spacial score (nSPS) is 11.7. The van der Waals surface area contributed by atoms with Gasteiger partial charge in [0.25, 0.3) is 0 Å². The van der Waals surface area contributed by atoms with Crippen molar-refractivity contribution in [3.8, 4) is 5.75 Å². The van der Waals surface area contributed by atoms with Crippen LogP contribution in [0.25, 0.3) is 10.9 Å². The highest BCUT2D eigenvalue weighted by Gasteiger charge is 2.12. The summed E-state index contributed by atoms with van der Waals surface area (Å²) in [6, 6.07) is 11.6. The van der Waals surface area contributed by atoms with Gasteiger partial charge in [-0.3, -0.25) is 4.98 Å². The maximum absolute atomic E-state index is 5.46. The van der Waals surface area contributed by atoms with Gasteiger partial charge in [0.1, 0.15) is 18.1 Å². The van der Waals surface area contributed by atoms with E-state index >= 15 is 0 Å². The Balaban J connectivity index is 2.01. The van der Waals surface area contributed by atoms with Gasteiger partial charge in [-0.15, -0.1) is 0 Å². The maximum atomic E-state index is 5.46. The van der Waals surface area contributed by atoms with Crippen LogP contribution in [-0.4, -0.2) is 35.9 Å². The van der Waals surface area contributed by atoms with E-state index in [9.17, 15) is 0 Å². The number of hydrogen-bond acceptors (Lipinski definition) is 5. The molecule has 2 aromatic heterocycles. The fourth-order valence-corrected chi connectivity index (χ4v) is 2.27. The fraction of sp³-hybridized carbons (Fsp3) is 0.176. The number of benzene rings is 1. The number of H-pyrrole nitrogens is 1. The number of nitrogens with two attached hydrogens (primary N) is 1. The molecule has 0 saturated carbocycles. The Labute approximate surface area is 133 Å². The second-order valence-electron chi connectivity index (χ2n) is 4.94. The van der Waals surface area contributed by atoms with Crippen LogP contribution >= 0.6 is 0 Å². The first-order chi connectivity index (χ1) is 11.3. The lowest BCUT2D eigenvalue weighted by molar-refractivity contribution is 0.152. The Bertz CT molecular complexity index is 776. The number of oxime groups is 1. The molecule has 0 aliphatic rings. The molecule has 6 nitrogen and oxygen atoms in total. The van der Waals surface area contributed by atoms with E-state index in [0.29, 0.717) is 18.9 Å². The first-order valence-electron chi connectivity index (χ1n) is 7.29. The summed E-state index contributed by atoms with van der Waals surface area (Å²) in [5.41, 5.74) is 8.89. The van der Waals surface area contributed by atoms with Gasteiger partial charge in [0.2, 0.25) is 0 Å². The minimum absolute atomic E-state index is 0.363. The lowest BCUT2D eigenvalue weighted by Crippen LogP contribution is -2.09. The Morgan fingerprint density at radius 3 is 2.78 bits per heavy atom. The van der Waals surface area contributed by atoms with Gasteiger partial charge in [-0.2, -0.15) is 0 Å². The van der Waals surface area contributed by atoms with Crippen molar-refractivity contribution in [2.45, 2.75) is 0 Å². The van der Waals surface area contributed by atoms with Crippen molar-refractivity contribution in [1.82, 2.24) is 9.97 Å². The molecular weight excluding hydrogens is 292 g/mol. The highest BCUT2D eigenvalue weighted by Crippen LogP contribution is 2.19. The number of aromatic amines is 1. The van der Waals surface area contributed by atoms with Gasteiger partial charge < -0.3 is 20.3 Å². The minimum Gasteiger partial charge on any atom is -0.497 e. The van der Waals surface area contributed by atoms with Gasteiger partial charge in [0.15, 0.2) is 0 Å². The number of ether oxygens (including phenoxy) is 1. The van der Waals surface area contributed by atoms with Crippen LogP contribution in [0, 0.1) is 0 Å². The average Bonchev–Trinajstić information content (AvgIpc) is 3.02. The summed E-state index contributed by atoms with van der Waals surface area (Å²) < 4.78 is 5.20. The van der Waals surface area contributed by atoms with Gasteiger partial charge in [-0.1, -0.05) is 5.16 Å². The van der Waals surface area contributed by atoms with Crippen molar-refractivity contribution in [2.24, 2.45) is 10.9 Å². The molecule has 23 heavy (non-hydrogen) atoms. The van der Waals surface area contributed by atoms with E-state index < -0.39 is 0 Å². The zero-order chi connectivity index (χ0) is 16.1. The average molecular weight is 310 g/mol. The summed E-state index contributed by atoms with van der Waals surface area (Å²) in [6.45, 7) is 0.775. The van der Waals surface area contributed by atoms with E-state index in [1.54, 1.807) is 19.5 Å². The van der Waals surface area contributed by atoms with E-state index in [1.807, 2.05) is 36.4 Å². The molecule has 0 atom stereocenters. The molecule has 0 aliphatic carbocycles. The summed E-state index contributed by atoms with van der Waals surface area (Å²) in [5, 5.41) is 5.31. The van der Waals surface area contributed by atoms with Crippen molar-refractivity contribution in [1.29, 1.82) is 0 Å². The lowest BCUT2D eigenvalue weighted by atomic mass is 10.1. The van der Waals surface area contributed by atoms with Crippen LogP contribution in [0.2, 0.25) is 0 Å². The second kappa shape index (κ2) is 6.93. The van der Waals surface area contributed by atoms with Gasteiger partial charge >= 0.3 is 0 Å². The van der Waals surface area contributed by atoms with Crippen molar-refractivity contribution in [2.75, 3.05) is 20.3 Å². The fourth-order valence-electron chi connectivity index (χ4n) is 2.27. The van der Waals surface area contributed by atoms with Crippen LogP contribution in [0.5, 0.6) is 5.75 Å². The third-order valence-electron chi connectivity index (χ3n) is 3.41. The van der Waals surface area contributed by atoms with Crippen LogP contribution in [0.15, 0.2) is 53.9 Å². The van der Waals surface area contributed by atoms with Crippen LogP contribution in [0.3, 0.4) is 0 Å². The Hall–Kier alpha value is -2.86. The van der Waals surface area contributed by atoms with E-state index in [-0.39, 0.29) is 0 Å². The zero-order valence-corrected chi connectivity index (χ0v) is 12.8. The number of aromatic nitrogens is 2. The first-order valence-corrected chi connectivity index (χ1v) is 7.29. The van der Waals surface area contributed by atoms with E-state index in [0.717, 1.165) is 27.9 Å². The third kappa shape index (κ3) is 3.32. The SMILES string of the molecule is COc1ccc(C(=NOCCN)c2cc3ccncc3[nH]2)cc1. The standard InChI is InChI=1S/C17H18N4O2/c1-22-14-4-2-12(3-5-14)17(21-23-9-7-18)15-10-13-6-8-19-11-16(13)20-15/h2-6,8,10-11,20H,7,9,18H2,1H3. The van der Waals surface area contributed by atoms with Gasteiger partial charge in [0.05, 0.1) is 24.5 Å². The van der Waals surface area contributed by atoms with E-state index in [4.69, 9.17) is 15.3 Å². The molecule has 0 fully saturated rings. The predicted molar refractivity (Wildman–Crippen MR) is 89.7 cm³/mol. The molecule has 0 bridgehead atoms. The summed E-state index contributed by atoms with van der Waals surface area (Å²) in [7, 11) is 1.64.